The number of amides is 1. The molecule has 21 heavy (non-hydrogen) atoms. The molecule has 0 atom stereocenters. The molecule has 0 aliphatic heterocycles. The van der Waals surface area contributed by atoms with Gasteiger partial charge < -0.3 is 5.32 Å². The summed E-state index contributed by atoms with van der Waals surface area (Å²) in [5.41, 5.74) is 0.535. The second-order valence-electron chi connectivity index (χ2n) is 6.46. The fourth-order valence-corrected chi connectivity index (χ4v) is 3.26. The minimum absolute atomic E-state index is 0.00939. The maximum atomic E-state index is 12.3. The van der Waals surface area contributed by atoms with Crippen LogP contribution < -0.4 is 10.0 Å². The Morgan fingerprint density at radius 2 is 1.76 bits per heavy atom. The molecule has 2 N–H and O–H groups in total. The zero-order valence-corrected chi connectivity index (χ0v) is 14.3. The predicted octanol–water partition coefficient (Wildman–Crippen LogP) is 2.21. The van der Waals surface area contributed by atoms with Gasteiger partial charge in [0, 0.05) is 17.1 Å². The molecule has 0 aliphatic rings. The quantitative estimate of drug-likeness (QED) is 0.895. The minimum Gasteiger partial charge on any atom is -0.350 e. The molecule has 0 spiro atoms. The largest absolute Gasteiger partial charge is 0.350 e. The first-order valence-corrected chi connectivity index (χ1v) is 8.36. The van der Waals surface area contributed by atoms with Gasteiger partial charge in [0.15, 0.2) is 0 Å². The maximum absolute atomic E-state index is 12.3. The van der Waals surface area contributed by atoms with Crippen LogP contribution in [0.5, 0.6) is 0 Å². The summed E-state index contributed by atoms with van der Waals surface area (Å²) in [4.78, 5) is 12.2. The topological polar surface area (TPSA) is 75.3 Å². The zero-order chi connectivity index (χ0) is 16.4. The molecule has 0 saturated carbocycles. The third-order valence-electron chi connectivity index (χ3n) is 2.62. The Balaban J connectivity index is 3.21. The van der Waals surface area contributed by atoms with Crippen molar-refractivity contribution in [1.82, 2.24) is 10.0 Å². The molecule has 0 aromatic heterocycles. The van der Waals surface area contributed by atoms with Crippen molar-refractivity contribution < 1.29 is 13.2 Å². The van der Waals surface area contributed by atoms with Crippen LogP contribution in [0, 0.1) is 6.92 Å². The summed E-state index contributed by atoms with van der Waals surface area (Å²) in [6.07, 6.45) is 0. The number of nitrogens with one attached hydrogen (secondary N) is 2. The summed E-state index contributed by atoms with van der Waals surface area (Å²) in [7, 11) is -3.65. The Kier molecular flexibility index (Phi) is 5.17. The van der Waals surface area contributed by atoms with Gasteiger partial charge in [-0.05, 0) is 59.2 Å². The van der Waals surface area contributed by atoms with Crippen LogP contribution in [-0.2, 0) is 10.0 Å². The third-order valence-corrected chi connectivity index (χ3v) is 4.38. The Morgan fingerprint density at radius 3 is 2.24 bits per heavy atom. The Labute approximate surface area is 127 Å². The van der Waals surface area contributed by atoms with Crippen molar-refractivity contribution in [3.8, 4) is 0 Å². The van der Waals surface area contributed by atoms with Crippen LogP contribution in [0.25, 0.3) is 0 Å². The zero-order valence-electron chi connectivity index (χ0n) is 13.4. The van der Waals surface area contributed by atoms with Crippen molar-refractivity contribution in [2.45, 2.75) is 58.0 Å². The average Bonchev–Trinajstić information content (AvgIpc) is 2.24. The second-order valence-corrected chi connectivity index (χ2v) is 8.14. The lowest BCUT2D eigenvalue weighted by Crippen LogP contribution is -2.40. The lowest BCUT2D eigenvalue weighted by Gasteiger charge is -2.21. The molecule has 5 nitrogen and oxygen atoms in total. The fraction of sp³-hybridized carbons (Fsp3) is 0.533. The number of aryl methyl sites for hydroxylation is 1. The normalized spacial score (nSPS) is 12.5. The average molecular weight is 312 g/mol. The van der Waals surface area contributed by atoms with E-state index < -0.39 is 15.6 Å². The van der Waals surface area contributed by atoms with E-state index in [0.717, 1.165) is 5.56 Å². The number of benzene rings is 1. The van der Waals surface area contributed by atoms with Crippen LogP contribution in [0.2, 0.25) is 0 Å². The van der Waals surface area contributed by atoms with Gasteiger partial charge in [0.2, 0.25) is 10.0 Å². The molecule has 118 valence electrons. The minimum atomic E-state index is -3.65. The van der Waals surface area contributed by atoms with E-state index in [1.165, 1.54) is 12.1 Å². The Hall–Kier alpha value is -1.40. The lowest BCUT2D eigenvalue weighted by atomic mass is 10.1. The van der Waals surface area contributed by atoms with Crippen LogP contribution in [0.1, 0.15) is 50.5 Å². The Morgan fingerprint density at radius 1 is 1.19 bits per heavy atom. The van der Waals surface area contributed by atoms with E-state index in [-0.39, 0.29) is 16.8 Å². The van der Waals surface area contributed by atoms with E-state index in [0.29, 0.717) is 5.56 Å². The number of carbonyl (C=O) groups excluding carboxylic acids is 1. The van der Waals surface area contributed by atoms with E-state index in [2.05, 4.69) is 10.0 Å². The first-order valence-electron chi connectivity index (χ1n) is 6.88. The monoisotopic (exact) mass is 312 g/mol. The molecular formula is C15H24N2O3S. The smallest absolute Gasteiger partial charge is 0.251 e. The predicted molar refractivity (Wildman–Crippen MR) is 83.9 cm³/mol. The summed E-state index contributed by atoms with van der Waals surface area (Å²) in [6, 6.07) is 4.56. The van der Waals surface area contributed by atoms with E-state index in [1.807, 2.05) is 13.8 Å². The highest BCUT2D eigenvalue weighted by Gasteiger charge is 2.23. The van der Waals surface area contributed by atoms with E-state index >= 15 is 0 Å². The van der Waals surface area contributed by atoms with Gasteiger partial charge in [-0.25, -0.2) is 13.1 Å². The van der Waals surface area contributed by atoms with Gasteiger partial charge >= 0.3 is 0 Å². The molecular weight excluding hydrogens is 288 g/mol. The summed E-state index contributed by atoms with van der Waals surface area (Å²) < 4.78 is 27.2. The van der Waals surface area contributed by atoms with E-state index in [4.69, 9.17) is 0 Å². The van der Waals surface area contributed by atoms with Crippen molar-refractivity contribution in [3.05, 3.63) is 29.3 Å². The third kappa shape index (κ3) is 5.13. The summed E-state index contributed by atoms with van der Waals surface area (Å²) in [6.45, 7) is 10.8. The lowest BCUT2D eigenvalue weighted by molar-refractivity contribution is 0.0942. The van der Waals surface area contributed by atoms with Gasteiger partial charge in [-0.15, -0.1) is 0 Å². The molecule has 1 rings (SSSR count). The van der Waals surface area contributed by atoms with Crippen molar-refractivity contribution in [1.29, 1.82) is 0 Å². The van der Waals surface area contributed by atoms with Gasteiger partial charge in [-0.2, -0.15) is 0 Å². The number of sulfonamides is 1. The molecule has 0 radical (unpaired) electrons. The standard InChI is InChI=1S/C15H24N2O3S/c1-10(2)16-14(18)13-9-12(8-7-11(13)3)21(19,20)17-15(4,5)6/h7-10,17H,1-6H3,(H,16,18). The van der Waals surface area contributed by atoms with Gasteiger partial charge in [-0.3, -0.25) is 4.79 Å². The van der Waals surface area contributed by atoms with Crippen LogP contribution in [0.4, 0.5) is 0 Å². The second kappa shape index (κ2) is 6.15. The number of carbonyl (C=O) groups is 1. The number of rotatable bonds is 4. The van der Waals surface area contributed by atoms with Crippen LogP contribution in [-0.4, -0.2) is 25.9 Å². The molecule has 1 aromatic carbocycles. The van der Waals surface area contributed by atoms with Crippen LogP contribution >= 0.6 is 0 Å². The molecule has 0 aliphatic carbocycles. The van der Waals surface area contributed by atoms with Gasteiger partial charge in [-0.1, -0.05) is 6.07 Å². The molecule has 0 saturated heterocycles. The number of hydrogen-bond acceptors (Lipinski definition) is 3. The molecule has 6 heteroatoms. The molecule has 0 heterocycles. The summed E-state index contributed by atoms with van der Waals surface area (Å²) >= 11 is 0. The highest BCUT2D eigenvalue weighted by atomic mass is 32.2. The van der Waals surface area contributed by atoms with Gasteiger partial charge in [0.25, 0.3) is 5.91 Å². The molecule has 0 unspecified atom stereocenters. The van der Waals surface area contributed by atoms with E-state index in [1.54, 1.807) is 33.8 Å². The molecule has 1 aromatic rings. The van der Waals surface area contributed by atoms with Crippen molar-refractivity contribution in [2.24, 2.45) is 0 Å². The van der Waals surface area contributed by atoms with Crippen molar-refractivity contribution >= 4 is 15.9 Å². The summed E-state index contributed by atoms with van der Waals surface area (Å²) in [5, 5.41) is 2.77. The highest BCUT2D eigenvalue weighted by Crippen LogP contribution is 2.17. The molecule has 1 amide bonds. The first kappa shape index (κ1) is 17.7. The number of hydrogen-bond donors (Lipinski definition) is 2. The van der Waals surface area contributed by atoms with Crippen LogP contribution in [0.3, 0.4) is 0 Å². The van der Waals surface area contributed by atoms with Crippen LogP contribution in [0.15, 0.2) is 23.1 Å². The summed E-state index contributed by atoms with van der Waals surface area (Å²) in [5.74, 6) is -0.268. The Bertz CT molecular complexity index is 629. The first-order chi connectivity index (χ1) is 9.42. The van der Waals surface area contributed by atoms with E-state index in [9.17, 15) is 13.2 Å². The van der Waals surface area contributed by atoms with Crippen molar-refractivity contribution in [3.63, 3.8) is 0 Å². The highest BCUT2D eigenvalue weighted by molar-refractivity contribution is 7.89. The van der Waals surface area contributed by atoms with Gasteiger partial charge in [0.05, 0.1) is 4.90 Å². The fourth-order valence-electron chi connectivity index (χ4n) is 1.81. The van der Waals surface area contributed by atoms with Crippen molar-refractivity contribution in [2.75, 3.05) is 0 Å². The molecule has 0 fully saturated rings. The SMILES string of the molecule is Cc1ccc(S(=O)(=O)NC(C)(C)C)cc1C(=O)NC(C)C. The molecule has 0 bridgehead atoms. The maximum Gasteiger partial charge on any atom is 0.251 e. The van der Waals surface area contributed by atoms with Gasteiger partial charge in [0.1, 0.15) is 0 Å².